The number of ketones is 1. The number of carbonyl (C=O) groups excluding carboxylic acids is 1. The van der Waals surface area contributed by atoms with Crippen molar-refractivity contribution < 1.29 is 30.0 Å². The number of aliphatic hydroxyl groups excluding tert-OH is 2. The van der Waals surface area contributed by atoms with Gasteiger partial charge in [0.1, 0.15) is 6.10 Å². The molecule has 1 aliphatic carbocycles. The average molecular weight is 190 g/mol. The van der Waals surface area contributed by atoms with Crippen molar-refractivity contribution in [2.75, 3.05) is 0 Å². The van der Waals surface area contributed by atoms with Gasteiger partial charge in [-0.1, -0.05) is 0 Å². The predicted molar refractivity (Wildman–Crippen MR) is 38.8 cm³/mol. The summed E-state index contributed by atoms with van der Waals surface area (Å²) in [5, 5.41) is 35.8. The summed E-state index contributed by atoms with van der Waals surface area (Å²) in [5.41, 5.74) is -2.24. The van der Waals surface area contributed by atoms with Crippen LogP contribution < -0.4 is 0 Å². The highest BCUT2D eigenvalue weighted by Crippen LogP contribution is 2.26. The smallest absolute Gasteiger partial charge is 0.336 e. The largest absolute Gasteiger partial charge is 0.479 e. The normalized spacial score (nSPS) is 40.4. The Bertz CT molecular complexity index is 249. The van der Waals surface area contributed by atoms with Crippen molar-refractivity contribution >= 4 is 11.8 Å². The van der Waals surface area contributed by atoms with Crippen LogP contribution in [0.5, 0.6) is 0 Å². The SMILES string of the molecule is O=C1C[C@](O)(C(=O)O)CC(O)[C@H]1O. The fourth-order valence-electron chi connectivity index (χ4n) is 1.30. The molecule has 6 nitrogen and oxygen atoms in total. The number of aliphatic carboxylic acids is 1. The highest BCUT2D eigenvalue weighted by molar-refractivity contribution is 5.92. The number of carbonyl (C=O) groups is 2. The second-order valence-corrected chi connectivity index (χ2v) is 3.20. The molecule has 3 atom stereocenters. The minimum absolute atomic E-state index is 0.532. The third-order valence-electron chi connectivity index (χ3n) is 2.11. The lowest BCUT2D eigenvalue weighted by molar-refractivity contribution is -0.176. The molecule has 0 saturated heterocycles. The van der Waals surface area contributed by atoms with Crippen LogP contribution >= 0.6 is 0 Å². The Hall–Kier alpha value is -0.980. The molecule has 6 heteroatoms. The van der Waals surface area contributed by atoms with Crippen LogP contribution in [-0.2, 0) is 9.59 Å². The first kappa shape index (κ1) is 10.1. The van der Waals surface area contributed by atoms with Gasteiger partial charge >= 0.3 is 5.97 Å². The number of carboxylic acids is 1. The van der Waals surface area contributed by atoms with Crippen LogP contribution in [0, 0.1) is 0 Å². The van der Waals surface area contributed by atoms with E-state index in [1.54, 1.807) is 0 Å². The second kappa shape index (κ2) is 3.06. The molecule has 0 amide bonds. The Balaban J connectivity index is 2.85. The number of hydrogen-bond donors (Lipinski definition) is 4. The van der Waals surface area contributed by atoms with E-state index in [9.17, 15) is 14.7 Å². The zero-order chi connectivity index (χ0) is 10.2. The molecule has 0 aromatic heterocycles. The van der Waals surface area contributed by atoms with Crippen LogP contribution in [0.25, 0.3) is 0 Å². The van der Waals surface area contributed by atoms with Crippen molar-refractivity contribution in [3.05, 3.63) is 0 Å². The molecule has 1 aliphatic rings. The van der Waals surface area contributed by atoms with E-state index in [0.29, 0.717) is 0 Å². The van der Waals surface area contributed by atoms with Crippen LogP contribution in [0.2, 0.25) is 0 Å². The van der Waals surface area contributed by atoms with E-state index in [-0.39, 0.29) is 0 Å². The van der Waals surface area contributed by atoms with Gasteiger partial charge in [-0.3, -0.25) is 4.79 Å². The highest BCUT2D eigenvalue weighted by atomic mass is 16.4. The van der Waals surface area contributed by atoms with Gasteiger partial charge < -0.3 is 20.4 Å². The fourth-order valence-corrected chi connectivity index (χ4v) is 1.30. The molecule has 0 spiro atoms. The third kappa shape index (κ3) is 1.69. The summed E-state index contributed by atoms with van der Waals surface area (Å²) in [5.74, 6) is -2.42. The monoisotopic (exact) mass is 190 g/mol. The second-order valence-electron chi connectivity index (χ2n) is 3.20. The van der Waals surface area contributed by atoms with E-state index in [1.807, 2.05) is 0 Å². The quantitative estimate of drug-likeness (QED) is 0.376. The Morgan fingerprint density at radius 3 is 2.38 bits per heavy atom. The lowest BCUT2D eigenvalue weighted by Crippen LogP contribution is -2.54. The van der Waals surface area contributed by atoms with Crippen molar-refractivity contribution in [1.82, 2.24) is 0 Å². The number of aliphatic hydroxyl groups is 3. The summed E-state index contributed by atoms with van der Waals surface area (Å²) in [4.78, 5) is 21.4. The molecule has 0 aromatic rings. The van der Waals surface area contributed by atoms with E-state index in [1.165, 1.54) is 0 Å². The van der Waals surface area contributed by atoms with Crippen LogP contribution in [0.1, 0.15) is 12.8 Å². The topological polar surface area (TPSA) is 115 Å². The first-order chi connectivity index (χ1) is 5.87. The van der Waals surface area contributed by atoms with Gasteiger partial charge in [0.05, 0.1) is 6.10 Å². The molecule has 0 aromatic carbocycles. The molecule has 0 heterocycles. The average Bonchev–Trinajstić information content (AvgIpc) is 2.00. The molecule has 0 bridgehead atoms. The molecule has 1 saturated carbocycles. The Morgan fingerprint density at radius 2 is 2.00 bits per heavy atom. The third-order valence-corrected chi connectivity index (χ3v) is 2.11. The van der Waals surface area contributed by atoms with E-state index >= 15 is 0 Å². The van der Waals surface area contributed by atoms with E-state index in [4.69, 9.17) is 15.3 Å². The van der Waals surface area contributed by atoms with Crippen molar-refractivity contribution in [3.8, 4) is 0 Å². The Kier molecular flexibility index (Phi) is 2.38. The molecule has 74 valence electrons. The summed E-state index contributed by atoms with van der Waals surface area (Å²) < 4.78 is 0. The summed E-state index contributed by atoms with van der Waals surface area (Å²) in [6, 6.07) is 0. The first-order valence-corrected chi connectivity index (χ1v) is 3.71. The molecule has 13 heavy (non-hydrogen) atoms. The van der Waals surface area contributed by atoms with Gasteiger partial charge in [0, 0.05) is 12.8 Å². The summed E-state index contributed by atoms with van der Waals surface area (Å²) in [6.07, 6.45) is -4.29. The number of Topliss-reactive ketones (excluding diaryl/α,β-unsaturated/α-hetero) is 1. The van der Waals surface area contributed by atoms with Gasteiger partial charge in [0.2, 0.25) is 0 Å². The van der Waals surface area contributed by atoms with E-state index < -0.39 is 42.4 Å². The standard InChI is InChI=1S/C7H10O6/c8-3-1-7(13,6(11)12)2-4(9)5(3)10/h3,5,8,10,13H,1-2H2,(H,11,12)/t3?,5-,7+/m1/s1. The van der Waals surface area contributed by atoms with Gasteiger partial charge in [-0.25, -0.2) is 4.79 Å². The lowest BCUT2D eigenvalue weighted by Gasteiger charge is -2.32. The van der Waals surface area contributed by atoms with E-state index in [0.717, 1.165) is 0 Å². The zero-order valence-corrected chi connectivity index (χ0v) is 6.67. The van der Waals surface area contributed by atoms with Crippen LogP contribution in [-0.4, -0.2) is 50.0 Å². The lowest BCUT2D eigenvalue weighted by atomic mass is 9.81. The highest BCUT2D eigenvalue weighted by Gasteiger charge is 2.48. The maximum absolute atomic E-state index is 10.9. The maximum atomic E-state index is 10.9. The fraction of sp³-hybridized carbons (Fsp3) is 0.714. The Morgan fingerprint density at radius 1 is 1.46 bits per heavy atom. The summed E-state index contributed by atoms with van der Waals surface area (Å²) >= 11 is 0. The van der Waals surface area contributed by atoms with Crippen LogP contribution in [0.4, 0.5) is 0 Å². The summed E-state index contributed by atoms with van der Waals surface area (Å²) in [6.45, 7) is 0. The number of carboxylic acid groups (broad SMARTS) is 1. The van der Waals surface area contributed by atoms with E-state index in [2.05, 4.69) is 0 Å². The van der Waals surface area contributed by atoms with Crippen molar-refractivity contribution in [1.29, 1.82) is 0 Å². The molecule has 0 aliphatic heterocycles. The van der Waals surface area contributed by atoms with Crippen molar-refractivity contribution in [2.24, 2.45) is 0 Å². The van der Waals surface area contributed by atoms with Crippen molar-refractivity contribution in [2.45, 2.75) is 30.7 Å². The minimum atomic E-state index is -2.24. The van der Waals surface area contributed by atoms with Gasteiger partial charge in [0.25, 0.3) is 0 Å². The Labute approximate surface area is 73.4 Å². The molecule has 1 unspecified atom stereocenters. The van der Waals surface area contributed by atoms with Crippen molar-refractivity contribution in [3.63, 3.8) is 0 Å². The molecule has 4 N–H and O–H groups in total. The van der Waals surface area contributed by atoms with Gasteiger partial charge in [-0.2, -0.15) is 0 Å². The molecule has 1 rings (SSSR count). The number of hydrogen-bond acceptors (Lipinski definition) is 5. The van der Waals surface area contributed by atoms with Crippen LogP contribution in [0.15, 0.2) is 0 Å². The molecule has 0 radical (unpaired) electrons. The van der Waals surface area contributed by atoms with Gasteiger partial charge in [0.15, 0.2) is 11.4 Å². The summed E-state index contributed by atoms with van der Waals surface area (Å²) in [7, 11) is 0. The van der Waals surface area contributed by atoms with Gasteiger partial charge in [-0.05, 0) is 0 Å². The van der Waals surface area contributed by atoms with Gasteiger partial charge in [-0.15, -0.1) is 0 Å². The number of rotatable bonds is 1. The maximum Gasteiger partial charge on any atom is 0.336 e. The minimum Gasteiger partial charge on any atom is -0.479 e. The molecular weight excluding hydrogens is 180 g/mol. The predicted octanol–water partition coefficient (Wildman–Crippen LogP) is -2.11. The molecule has 1 fully saturated rings. The zero-order valence-electron chi connectivity index (χ0n) is 6.67. The van der Waals surface area contributed by atoms with Crippen LogP contribution in [0.3, 0.4) is 0 Å². The molecular formula is C7H10O6. The first-order valence-electron chi connectivity index (χ1n) is 3.71.